The Hall–Kier alpha value is -1.92. The Kier molecular flexibility index (Phi) is 5.12. The molecule has 6 heteroatoms. The molecule has 3 amide bonds. The van der Waals surface area contributed by atoms with Crippen molar-refractivity contribution in [2.24, 2.45) is 11.6 Å². The molecule has 0 aromatic heterocycles. The largest absolute Gasteiger partial charge is 0.376 e. The lowest BCUT2D eigenvalue weighted by atomic mass is 10.2. The van der Waals surface area contributed by atoms with Crippen molar-refractivity contribution in [3.05, 3.63) is 42.3 Å². The quantitative estimate of drug-likeness (QED) is 0.330. The molecule has 0 spiro atoms. The highest BCUT2D eigenvalue weighted by molar-refractivity contribution is 5.97. The Morgan fingerprint density at radius 3 is 2.53 bits per heavy atom. The molecule has 0 aliphatic rings. The van der Waals surface area contributed by atoms with E-state index >= 15 is 0 Å². The molecule has 0 aliphatic carbocycles. The van der Waals surface area contributed by atoms with Crippen molar-refractivity contribution >= 4 is 11.9 Å². The van der Waals surface area contributed by atoms with Crippen LogP contribution in [0.5, 0.6) is 0 Å². The minimum absolute atomic E-state index is 0.0642. The standard InChI is InChI=1S/C11H14N3O3/c12-11(16)14(13)10(15)6-7-17-8-9-4-2-1-3-5-9/h1-6H,7-8,13H2,(H2,12,16). The van der Waals surface area contributed by atoms with Crippen LogP contribution < -0.4 is 11.6 Å². The van der Waals surface area contributed by atoms with Crippen LogP contribution in [0.3, 0.4) is 0 Å². The Morgan fingerprint density at radius 1 is 1.29 bits per heavy atom. The maximum absolute atomic E-state index is 11.2. The molecule has 91 valence electrons. The van der Waals surface area contributed by atoms with E-state index in [0.717, 1.165) is 12.0 Å². The third-order valence-corrected chi connectivity index (χ3v) is 1.96. The van der Waals surface area contributed by atoms with E-state index in [-0.39, 0.29) is 6.61 Å². The van der Waals surface area contributed by atoms with E-state index in [1.54, 1.807) is 0 Å². The fourth-order valence-electron chi connectivity index (χ4n) is 1.09. The second-order valence-electron chi connectivity index (χ2n) is 3.25. The van der Waals surface area contributed by atoms with Gasteiger partial charge in [-0.2, -0.15) is 5.01 Å². The second kappa shape index (κ2) is 6.62. The monoisotopic (exact) mass is 236 g/mol. The van der Waals surface area contributed by atoms with Gasteiger partial charge >= 0.3 is 6.03 Å². The molecule has 0 saturated heterocycles. The third kappa shape index (κ3) is 4.62. The fraction of sp³-hybridized carbons (Fsp3) is 0.182. The first-order valence-electron chi connectivity index (χ1n) is 4.94. The van der Waals surface area contributed by atoms with Crippen LogP contribution in [-0.4, -0.2) is 23.6 Å². The zero-order valence-corrected chi connectivity index (χ0v) is 9.20. The number of nitrogens with zero attached hydrogens (tertiary/aromatic N) is 1. The average Bonchev–Trinajstić information content (AvgIpc) is 2.34. The molecule has 0 unspecified atom stereocenters. The summed E-state index contributed by atoms with van der Waals surface area (Å²) in [6.45, 7) is 0.445. The molecule has 1 radical (unpaired) electrons. The highest BCUT2D eigenvalue weighted by atomic mass is 16.5. The zero-order valence-electron chi connectivity index (χ0n) is 9.20. The van der Waals surface area contributed by atoms with Crippen molar-refractivity contribution in [2.45, 2.75) is 6.61 Å². The van der Waals surface area contributed by atoms with Crippen molar-refractivity contribution in [3.63, 3.8) is 0 Å². The molecule has 1 aromatic rings. The summed E-state index contributed by atoms with van der Waals surface area (Å²) in [6, 6.07) is 8.48. The van der Waals surface area contributed by atoms with Crippen LogP contribution in [0, 0.1) is 6.42 Å². The summed E-state index contributed by atoms with van der Waals surface area (Å²) in [5, 5.41) is 0.325. The number of hydrogen-bond donors (Lipinski definition) is 2. The topological polar surface area (TPSA) is 98.7 Å². The van der Waals surface area contributed by atoms with Gasteiger partial charge < -0.3 is 10.5 Å². The fourth-order valence-corrected chi connectivity index (χ4v) is 1.09. The van der Waals surface area contributed by atoms with Crippen molar-refractivity contribution in [1.82, 2.24) is 5.01 Å². The Bertz CT molecular complexity index is 381. The average molecular weight is 236 g/mol. The molecule has 0 saturated carbocycles. The number of hydrogen-bond acceptors (Lipinski definition) is 4. The van der Waals surface area contributed by atoms with Crippen LogP contribution in [-0.2, 0) is 16.1 Å². The number of imide groups is 1. The predicted molar refractivity (Wildman–Crippen MR) is 61.0 cm³/mol. The summed E-state index contributed by atoms with van der Waals surface area (Å²) >= 11 is 0. The SMILES string of the molecule is NC(=O)N(N)C(=O)[CH]COCc1ccccc1. The highest BCUT2D eigenvalue weighted by Crippen LogP contribution is 2.00. The number of amides is 3. The van der Waals surface area contributed by atoms with E-state index in [1.165, 1.54) is 0 Å². The van der Waals surface area contributed by atoms with E-state index in [2.05, 4.69) is 0 Å². The molecular formula is C11H14N3O3. The first kappa shape index (κ1) is 13.1. The van der Waals surface area contributed by atoms with Gasteiger partial charge in [0, 0.05) is 0 Å². The number of nitrogens with two attached hydrogens (primary N) is 2. The summed E-state index contributed by atoms with van der Waals surface area (Å²) < 4.78 is 5.21. The first-order valence-corrected chi connectivity index (χ1v) is 4.94. The van der Waals surface area contributed by atoms with Gasteiger partial charge in [0.1, 0.15) is 0 Å². The van der Waals surface area contributed by atoms with Crippen LogP contribution in [0.15, 0.2) is 30.3 Å². The Labute approximate surface area is 99.1 Å². The number of rotatable bonds is 5. The lowest BCUT2D eigenvalue weighted by Gasteiger charge is -2.11. The minimum atomic E-state index is -1.01. The van der Waals surface area contributed by atoms with Crippen LogP contribution in [0.4, 0.5) is 4.79 Å². The van der Waals surface area contributed by atoms with Gasteiger partial charge in [0.2, 0.25) is 0 Å². The lowest BCUT2D eigenvalue weighted by molar-refractivity contribution is -0.125. The van der Waals surface area contributed by atoms with Crippen molar-refractivity contribution < 1.29 is 14.3 Å². The second-order valence-corrected chi connectivity index (χ2v) is 3.25. The molecule has 4 N–H and O–H groups in total. The molecular weight excluding hydrogens is 222 g/mol. The molecule has 0 heterocycles. The van der Waals surface area contributed by atoms with Gasteiger partial charge in [0.15, 0.2) is 0 Å². The van der Waals surface area contributed by atoms with Gasteiger partial charge in [0.25, 0.3) is 5.91 Å². The van der Waals surface area contributed by atoms with Crippen molar-refractivity contribution in [3.8, 4) is 0 Å². The summed E-state index contributed by atoms with van der Waals surface area (Å²) in [5.74, 6) is 4.39. The number of ether oxygens (including phenoxy) is 1. The molecule has 1 rings (SSSR count). The number of primary amides is 1. The van der Waals surface area contributed by atoms with E-state index in [0.29, 0.717) is 11.6 Å². The summed E-state index contributed by atoms with van der Waals surface area (Å²) in [6.07, 6.45) is 1.15. The first-order chi connectivity index (χ1) is 8.11. The molecule has 6 nitrogen and oxygen atoms in total. The number of urea groups is 1. The van der Waals surface area contributed by atoms with Gasteiger partial charge in [-0.25, -0.2) is 10.6 Å². The van der Waals surface area contributed by atoms with Gasteiger partial charge in [-0.15, -0.1) is 0 Å². The predicted octanol–water partition coefficient (Wildman–Crippen LogP) is 0.188. The molecule has 17 heavy (non-hydrogen) atoms. The normalized spacial score (nSPS) is 9.94. The van der Waals surface area contributed by atoms with Crippen molar-refractivity contribution in [1.29, 1.82) is 0 Å². The van der Waals surface area contributed by atoms with Gasteiger partial charge in [0.05, 0.1) is 19.6 Å². The van der Waals surface area contributed by atoms with E-state index in [4.69, 9.17) is 16.3 Å². The maximum Gasteiger partial charge on any atom is 0.336 e. The van der Waals surface area contributed by atoms with E-state index in [9.17, 15) is 9.59 Å². The molecule has 0 bridgehead atoms. The number of hydrazine groups is 1. The molecule has 0 atom stereocenters. The molecule has 1 aromatic carbocycles. The maximum atomic E-state index is 11.2. The zero-order chi connectivity index (χ0) is 12.7. The van der Waals surface area contributed by atoms with Crippen LogP contribution in [0.2, 0.25) is 0 Å². The Morgan fingerprint density at radius 2 is 1.94 bits per heavy atom. The van der Waals surface area contributed by atoms with Crippen molar-refractivity contribution in [2.75, 3.05) is 6.61 Å². The molecule has 0 aliphatic heterocycles. The lowest BCUT2D eigenvalue weighted by Crippen LogP contribution is -2.46. The highest BCUT2D eigenvalue weighted by Gasteiger charge is 2.14. The van der Waals surface area contributed by atoms with E-state index in [1.807, 2.05) is 30.3 Å². The smallest absolute Gasteiger partial charge is 0.336 e. The molecule has 0 fully saturated rings. The minimum Gasteiger partial charge on any atom is -0.376 e. The van der Waals surface area contributed by atoms with Crippen LogP contribution in [0.1, 0.15) is 5.56 Å². The summed E-state index contributed by atoms with van der Waals surface area (Å²) in [7, 11) is 0. The number of carbonyl (C=O) groups is 2. The summed E-state index contributed by atoms with van der Waals surface area (Å²) in [5.41, 5.74) is 5.81. The third-order valence-electron chi connectivity index (χ3n) is 1.96. The van der Waals surface area contributed by atoms with Crippen LogP contribution >= 0.6 is 0 Å². The van der Waals surface area contributed by atoms with Gasteiger partial charge in [-0.1, -0.05) is 30.3 Å². The van der Waals surface area contributed by atoms with E-state index < -0.39 is 11.9 Å². The summed E-state index contributed by atoms with van der Waals surface area (Å²) in [4.78, 5) is 21.7. The number of carbonyl (C=O) groups excluding carboxylic acids is 2. The number of benzene rings is 1. The Balaban J connectivity index is 2.21. The van der Waals surface area contributed by atoms with Gasteiger partial charge in [-0.05, 0) is 5.56 Å². The van der Waals surface area contributed by atoms with Crippen LogP contribution in [0.25, 0.3) is 0 Å². The van der Waals surface area contributed by atoms with Gasteiger partial charge in [-0.3, -0.25) is 4.79 Å².